The van der Waals surface area contributed by atoms with Crippen LogP contribution in [0.2, 0.25) is 0 Å². The number of allylic oxidation sites excluding steroid dienone is 3. The Labute approximate surface area is 455 Å². The molecule has 434 valence electrons. The number of nitrogens with one attached hydrogen (secondary N) is 1. The van der Waals surface area contributed by atoms with Crippen molar-refractivity contribution in [3.8, 4) is 0 Å². The lowest BCUT2D eigenvalue weighted by Gasteiger charge is -2.29. The third kappa shape index (κ3) is 58.5. The number of phosphoric acid groups is 1. The second kappa shape index (κ2) is 55.7. The SMILES string of the molecule is CCCCCCCCCCCCCCCCCCCCCCCCCCC/C=C/CC/C=C/C(O)C(COP(=O)([O-])OCC[N+](C)(C)C)NC(=O)CCCCCCCCCCCCCCCCCCCCCC. The van der Waals surface area contributed by atoms with Gasteiger partial charge >= 0.3 is 0 Å². The standard InChI is InChI=1S/C64H127N2O6P/c1-6-8-10-12-14-16-18-20-22-24-26-28-29-30-31-32-33-34-35-36-37-38-39-41-43-45-47-49-51-53-55-57-63(67)62(61-72-73(69,70)71-60-59-66(3,4)5)65-64(68)58-56-54-52-50-48-46-44-42-40-27-25-23-21-19-17-15-13-11-9-7-2/h47,49,55,57,62-63,67H,6-46,48,50-54,56,58-61H2,1-5H3,(H-,65,68,69,70)/b49-47+,57-55+. The zero-order valence-corrected chi connectivity index (χ0v) is 50.5. The molecule has 0 aliphatic rings. The summed E-state index contributed by atoms with van der Waals surface area (Å²) in [4.78, 5) is 25.5. The molecule has 0 radical (unpaired) electrons. The first-order valence-corrected chi connectivity index (χ1v) is 33.7. The van der Waals surface area contributed by atoms with Gasteiger partial charge in [0.1, 0.15) is 13.2 Å². The number of amides is 1. The molecule has 0 aliphatic heterocycles. The molecule has 3 unspecified atom stereocenters. The van der Waals surface area contributed by atoms with Crippen molar-refractivity contribution in [2.24, 2.45) is 0 Å². The molecule has 0 aromatic rings. The van der Waals surface area contributed by atoms with Crippen molar-refractivity contribution >= 4 is 13.7 Å². The highest BCUT2D eigenvalue weighted by molar-refractivity contribution is 7.45. The van der Waals surface area contributed by atoms with Crippen LogP contribution in [-0.4, -0.2) is 68.5 Å². The van der Waals surface area contributed by atoms with E-state index in [1.165, 1.54) is 270 Å². The van der Waals surface area contributed by atoms with Crippen molar-refractivity contribution in [1.82, 2.24) is 5.32 Å². The Morgan fingerprint density at radius 3 is 1.11 bits per heavy atom. The third-order valence-electron chi connectivity index (χ3n) is 14.9. The topological polar surface area (TPSA) is 108 Å². The lowest BCUT2D eigenvalue weighted by Crippen LogP contribution is -2.45. The lowest BCUT2D eigenvalue weighted by molar-refractivity contribution is -0.870. The van der Waals surface area contributed by atoms with Gasteiger partial charge in [0.25, 0.3) is 7.82 Å². The molecule has 0 saturated carbocycles. The minimum absolute atomic E-state index is 0.00357. The minimum Gasteiger partial charge on any atom is -0.756 e. The normalized spacial score (nSPS) is 13.9. The number of aliphatic hydroxyl groups is 1. The molecule has 0 aromatic heterocycles. The number of unbranched alkanes of at least 4 members (excludes halogenated alkanes) is 45. The van der Waals surface area contributed by atoms with E-state index < -0.39 is 20.0 Å². The summed E-state index contributed by atoms with van der Waals surface area (Å²) >= 11 is 0. The van der Waals surface area contributed by atoms with E-state index >= 15 is 0 Å². The molecule has 73 heavy (non-hydrogen) atoms. The highest BCUT2D eigenvalue weighted by Gasteiger charge is 2.23. The van der Waals surface area contributed by atoms with Crippen molar-refractivity contribution < 1.29 is 32.9 Å². The molecular formula is C64H127N2O6P. The number of aliphatic hydroxyl groups excluding tert-OH is 1. The van der Waals surface area contributed by atoms with E-state index in [2.05, 4.69) is 31.3 Å². The predicted molar refractivity (Wildman–Crippen MR) is 316 cm³/mol. The first-order chi connectivity index (χ1) is 35.5. The molecule has 0 bridgehead atoms. The van der Waals surface area contributed by atoms with Crippen LogP contribution in [0.1, 0.15) is 328 Å². The Morgan fingerprint density at radius 1 is 0.466 bits per heavy atom. The molecule has 8 nitrogen and oxygen atoms in total. The Hall–Kier alpha value is -1.02. The van der Waals surface area contributed by atoms with Gasteiger partial charge in [-0.05, 0) is 32.1 Å². The van der Waals surface area contributed by atoms with Crippen molar-refractivity contribution in [3.63, 3.8) is 0 Å². The lowest BCUT2D eigenvalue weighted by atomic mass is 10.0. The summed E-state index contributed by atoms with van der Waals surface area (Å²) in [6.45, 7) is 4.69. The highest BCUT2D eigenvalue weighted by atomic mass is 31.2. The van der Waals surface area contributed by atoms with E-state index in [4.69, 9.17) is 9.05 Å². The first kappa shape index (κ1) is 72.0. The molecule has 1 amide bonds. The average molecular weight is 1050 g/mol. The molecule has 0 aliphatic carbocycles. The van der Waals surface area contributed by atoms with E-state index in [9.17, 15) is 19.4 Å². The van der Waals surface area contributed by atoms with Crippen molar-refractivity contribution in [2.75, 3.05) is 40.9 Å². The monoisotopic (exact) mass is 1050 g/mol. The Balaban J connectivity index is 4.11. The van der Waals surface area contributed by atoms with Crippen LogP contribution >= 0.6 is 7.82 Å². The maximum absolute atomic E-state index is 13.0. The van der Waals surface area contributed by atoms with E-state index in [1.807, 2.05) is 27.2 Å². The second-order valence-corrected chi connectivity index (χ2v) is 24.9. The van der Waals surface area contributed by atoms with Crippen LogP contribution in [-0.2, 0) is 18.4 Å². The molecule has 3 atom stereocenters. The van der Waals surface area contributed by atoms with Gasteiger partial charge in [0.05, 0.1) is 39.9 Å². The summed E-state index contributed by atoms with van der Waals surface area (Å²) in [6, 6.07) is -0.901. The highest BCUT2D eigenvalue weighted by Crippen LogP contribution is 2.38. The number of likely N-dealkylation sites (N-methyl/N-ethyl adjacent to an activating group) is 1. The van der Waals surface area contributed by atoms with Crippen LogP contribution in [0.4, 0.5) is 0 Å². The molecule has 0 aromatic carbocycles. The molecule has 9 heteroatoms. The van der Waals surface area contributed by atoms with Crippen LogP contribution in [0.25, 0.3) is 0 Å². The van der Waals surface area contributed by atoms with Gasteiger partial charge in [-0.2, -0.15) is 0 Å². The van der Waals surface area contributed by atoms with Gasteiger partial charge in [0.2, 0.25) is 5.91 Å². The van der Waals surface area contributed by atoms with Crippen LogP contribution in [0, 0.1) is 0 Å². The van der Waals surface area contributed by atoms with Gasteiger partial charge < -0.3 is 28.8 Å². The molecular weight excluding hydrogens is 924 g/mol. The summed E-state index contributed by atoms with van der Waals surface area (Å²) in [5, 5.41) is 13.9. The van der Waals surface area contributed by atoms with Gasteiger partial charge in [0.15, 0.2) is 0 Å². The van der Waals surface area contributed by atoms with Gasteiger partial charge in [-0.15, -0.1) is 0 Å². The van der Waals surface area contributed by atoms with Crippen molar-refractivity contribution in [2.45, 2.75) is 341 Å². The predicted octanol–water partition coefficient (Wildman–Crippen LogP) is 19.3. The minimum atomic E-state index is -4.60. The summed E-state index contributed by atoms with van der Waals surface area (Å²) in [5.74, 6) is -0.200. The summed E-state index contributed by atoms with van der Waals surface area (Å²) in [5.41, 5.74) is 0. The van der Waals surface area contributed by atoms with E-state index in [0.717, 1.165) is 38.5 Å². The van der Waals surface area contributed by atoms with Crippen LogP contribution in [0.3, 0.4) is 0 Å². The number of hydrogen-bond acceptors (Lipinski definition) is 6. The molecule has 2 N–H and O–H groups in total. The van der Waals surface area contributed by atoms with Gasteiger partial charge in [-0.1, -0.05) is 314 Å². The fourth-order valence-corrected chi connectivity index (χ4v) is 10.6. The van der Waals surface area contributed by atoms with Gasteiger partial charge in [-0.25, -0.2) is 0 Å². The zero-order chi connectivity index (χ0) is 53.5. The Kier molecular flexibility index (Phi) is 54.9. The van der Waals surface area contributed by atoms with Crippen molar-refractivity contribution in [3.05, 3.63) is 24.3 Å². The summed E-state index contributed by atoms with van der Waals surface area (Å²) in [6.07, 6.45) is 71.5. The van der Waals surface area contributed by atoms with Crippen molar-refractivity contribution in [1.29, 1.82) is 0 Å². The summed E-state index contributed by atoms with van der Waals surface area (Å²) in [7, 11) is 1.26. The number of rotatable bonds is 60. The van der Waals surface area contributed by atoms with Gasteiger partial charge in [0, 0.05) is 6.42 Å². The van der Waals surface area contributed by atoms with Crippen LogP contribution < -0.4 is 10.2 Å². The number of nitrogens with zero attached hydrogens (tertiary/aromatic N) is 1. The number of phosphoric ester groups is 1. The maximum atomic E-state index is 13.0. The molecule has 0 rings (SSSR count). The quantitative estimate of drug-likeness (QED) is 0.0272. The first-order valence-electron chi connectivity index (χ1n) is 32.2. The molecule has 0 saturated heterocycles. The maximum Gasteiger partial charge on any atom is 0.268 e. The fourth-order valence-electron chi connectivity index (χ4n) is 9.88. The number of quaternary nitrogens is 1. The Morgan fingerprint density at radius 2 is 0.767 bits per heavy atom. The molecule has 0 spiro atoms. The summed E-state index contributed by atoms with van der Waals surface area (Å²) < 4.78 is 23.4. The second-order valence-electron chi connectivity index (χ2n) is 23.5. The van der Waals surface area contributed by atoms with E-state index in [0.29, 0.717) is 17.4 Å². The number of hydrogen-bond donors (Lipinski definition) is 2. The van der Waals surface area contributed by atoms with Crippen LogP contribution in [0.15, 0.2) is 24.3 Å². The van der Waals surface area contributed by atoms with Crippen LogP contribution in [0.5, 0.6) is 0 Å². The Bertz CT molecular complexity index is 1240. The number of carbonyl (C=O) groups excluding carboxylic acids is 1. The van der Waals surface area contributed by atoms with E-state index in [1.54, 1.807) is 6.08 Å². The fraction of sp³-hybridized carbons (Fsp3) is 0.922. The van der Waals surface area contributed by atoms with E-state index in [-0.39, 0.29) is 19.1 Å². The smallest absolute Gasteiger partial charge is 0.268 e. The molecule has 0 fully saturated rings. The molecule has 0 heterocycles. The number of carbonyl (C=O) groups is 1. The van der Waals surface area contributed by atoms with Gasteiger partial charge in [-0.3, -0.25) is 9.36 Å². The average Bonchev–Trinajstić information content (AvgIpc) is 3.35. The zero-order valence-electron chi connectivity index (χ0n) is 49.6. The largest absolute Gasteiger partial charge is 0.756 e. The third-order valence-corrected chi connectivity index (χ3v) is 15.9.